The Bertz CT molecular complexity index is 662. The average molecular weight is 354 g/mol. The lowest BCUT2D eigenvalue weighted by Crippen LogP contribution is -2.26. The minimum atomic E-state index is -0.102. The molecular formula is C14H20BrN5O. The van der Waals surface area contributed by atoms with Gasteiger partial charge in [0.1, 0.15) is 4.47 Å². The van der Waals surface area contributed by atoms with E-state index < -0.39 is 0 Å². The normalized spacial score (nSPS) is 11.1. The van der Waals surface area contributed by atoms with Gasteiger partial charge in [-0.25, -0.2) is 4.68 Å². The molecule has 0 aromatic carbocycles. The molecule has 2 aromatic rings. The third-order valence-electron chi connectivity index (χ3n) is 3.01. The van der Waals surface area contributed by atoms with E-state index in [0.29, 0.717) is 16.9 Å². The number of nitrogens with one attached hydrogen (secondary N) is 1. The number of rotatable bonds is 6. The van der Waals surface area contributed by atoms with Crippen LogP contribution in [0.2, 0.25) is 0 Å². The van der Waals surface area contributed by atoms with Gasteiger partial charge in [-0.1, -0.05) is 13.8 Å². The van der Waals surface area contributed by atoms with Gasteiger partial charge in [-0.05, 0) is 33.8 Å². The predicted octanol–water partition coefficient (Wildman–Crippen LogP) is 2.05. The van der Waals surface area contributed by atoms with Crippen LogP contribution in [0.15, 0.2) is 27.9 Å². The van der Waals surface area contributed by atoms with Gasteiger partial charge in [-0.2, -0.15) is 10.2 Å². The molecule has 7 heteroatoms. The maximum Gasteiger partial charge on any atom is 0.283 e. The summed E-state index contributed by atoms with van der Waals surface area (Å²) >= 11 is 3.36. The first-order chi connectivity index (χ1) is 9.97. The largest absolute Gasteiger partial charge is 0.382 e. The SMILES string of the molecule is CC(C)Cn1ncc(NCCc2cnn(C)c2)c(Br)c1=O. The Morgan fingerprint density at radius 1 is 1.33 bits per heavy atom. The molecule has 0 aliphatic carbocycles. The van der Waals surface area contributed by atoms with E-state index in [4.69, 9.17) is 0 Å². The zero-order valence-corrected chi connectivity index (χ0v) is 14.1. The van der Waals surface area contributed by atoms with Crippen molar-refractivity contribution in [2.24, 2.45) is 13.0 Å². The van der Waals surface area contributed by atoms with Gasteiger partial charge in [0.25, 0.3) is 5.56 Å². The molecule has 0 bridgehead atoms. The Labute approximate surface area is 132 Å². The van der Waals surface area contributed by atoms with Gasteiger partial charge in [0.05, 0.1) is 18.1 Å². The Kier molecular flexibility index (Phi) is 5.17. The second kappa shape index (κ2) is 6.89. The molecule has 0 aliphatic heterocycles. The zero-order valence-electron chi connectivity index (χ0n) is 12.5. The standard InChI is InChI=1S/C14H20BrN5O/c1-10(2)8-20-14(21)13(15)12(7-18-20)16-5-4-11-6-17-19(3)9-11/h6-7,9-10,16H,4-5,8H2,1-3H3. The summed E-state index contributed by atoms with van der Waals surface area (Å²) in [5, 5.41) is 11.6. The third kappa shape index (κ3) is 4.17. The monoisotopic (exact) mass is 353 g/mol. The van der Waals surface area contributed by atoms with Gasteiger partial charge in [0.2, 0.25) is 0 Å². The van der Waals surface area contributed by atoms with Crippen LogP contribution in [0.3, 0.4) is 0 Å². The fraction of sp³-hybridized carbons (Fsp3) is 0.500. The van der Waals surface area contributed by atoms with Crippen LogP contribution >= 0.6 is 15.9 Å². The summed E-state index contributed by atoms with van der Waals surface area (Å²) in [7, 11) is 1.89. The fourth-order valence-electron chi connectivity index (χ4n) is 2.01. The maximum atomic E-state index is 12.2. The van der Waals surface area contributed by atoms with Crippen molar-refractivity contribution in [2.45, 2.75) is 26.8 Å². The van der Waals surface area contributed by atoms with E-state index in [1.807, 2.05) is 19.4 Å². The smallest absolute Gasteiger partial charge is 0.283 e. The van der Waals surface area contributed by atoms with Crippen LogP contribution in [0.4, 0.5) is 5.69 Å². The van der Waals surface area contributed by atoms with Crippen LogP contribution < -0.4 is 10.9 Å². The molecule has 21 heavy (non-hydrogen) atoms. The van der Waals surface area contributed by atoms with Gasteiger partial charge in [-0.3, -0.25) is 9.48 Å². The highest BCUT2D eigenvalue weighted by atomic mass is 79.9. The molecule has 0 spiro atoms. The molecule has 0 amide bonds. The summed E-state index contributed by atoms with van der Waals surface area (Å²) in [4.78, 5) is 12.2. The number of aryl methyl sites for hydroxylation is 1. The van der Waals surface area contributed by atoms with Gasteiger partial charge in [0, 0.05) is 26.3 Å². The van der Waals surface area contributed by atoms with Crippen LogP contribution in [0.5, 0.6) is 0 Å². The predicted molar refractivity (Wildman–Crippen MR) is 86.4 cm³/mol. The van der Waals surface area contributed by atoms with E-state index in [1.54, 1.807) is 10.9 Å². The number of hydrogen-bond donors (Lipinski definition) is 1. The Balaban J connectivity index is 2.00. The molecule has 2 heterocycles. The molecule has 2 rings (SSSR count). The van der Waals surface area contributed by atoms with Crippen molar-refractivity contribution in [3.05, 3.63) is 39.0 Å². The highest BCUT2D eigenvalue weighted by molar-refractivity contribution is 9.10. The van der Waals surface area contributed by atoms with Crippen molar-refractivity contribution >= 4 is 21.6 Å². The van der Waals surface area contributed by atoms with Crippen molar-refractivity contribution < 1.29 is 0 Å². The average Bonchev–Trinajstić information content (AvgIpc) is 2.83. The summed E-state index contributed by atoms with van der Waals surface area (Å²) < 4.78 is 3.80. The topological polar surface area (TPSA) is 64.7 Å². The number of anilines is 1. The van der Waals surface area contributed by atoms with Gasteiger partial charge in [-0.15, -0.1) is 0 Å². The number of halogens is 1. The van der Waals surface area contributed by atoms with Crippen LogP contribution in [-0.4, -0.2) is 26.1 Å². The summed E-state index contributed by atoms with van der Waals surface area (Å²) in [6.07, 6.45) is 6.36. The molecule has 0 aliphatic rings. The van der Waals surface area contributed by atoms with E-state index >= 15 is 0 Å². The second-order valence-corrected chi connectivity index (χ2v) is 6.25. The molecule has 114 valence electrons. The van der Waals surface area contributed by atoms with E-state index in [2.05, 4.69) is 45.3 Å². The number of hydrogen-bond acceptors (Lipinski definition) is 4. The molecule has 0 radical (unpaired) electrons. The minimum absolute atomic E-state index is 0.102. The number of aromatic nitrogens is 4. The molecule has 0 fully saturated rings. The second-order valence-electron chi connectivity index (χ2n) is 5.45. The lowest BCUT2D eigenvalue weighted by Gasteiger charge is -2.11. The summed E-state index contributed by atoms with van der Waals surface area (Å²) in [5.41, 5.74) is 1.78. The summed E-state index contributed by atoms with van der Waals surface area (Å²) in [5.74, 6) is 0.381. The molecule has 2 aromatic heterocycles. The van der Waals surface area contributed by atoms with Crippen LogP contribution in [-0.2, 0) is 20.0 Å². The van der Waals surface area contributed by atoms with Crippen molar-refractivity contribution in [1.82, 2.24) is 19.6 Å². The fourth-order valence-corrected chi connectivity index (χ4v) is 2.45. The quantitative estimate of drug-likeness (QED) is 0.862. The molecule has 0 saturated carbocycles. The first kappa shape index (κ1) is 15.8. The molecular weight excluding hydrogens is 334 g/mol. The van der Waals surface area contributed by atoms with Crippen molar-refractivity contribution in [3.63, 3.8) is 0 Å². The molecule has 0 saturated heterocycles. The van der Waals surface area contributed by atoms with Crippen LogP contribution in [0.1, 0.15) is 19.4 Å². The summed E-state index contributed by atoms with van der Waals surface area (Å²) in [6.45, 7) is 5.46. The van der Waals surface area contributed by atoms with Gasteiger partial charge >= 0.3 is 0 Å². The Hall–Kier alpha value is -1.63. The molecule has 1 N–H and O–H groups in total. The van der Waals surface area contributed by atoms with E-state index in [0.717, 1.165) is 24.2 Å². The molecule has 0 unspecified atom stereocenters. The van der Waals surface area contributed by atoms with Crippen molar-refractivity contribution in [3.8, 4) is 0 Å². The number of nitrogens with zero attached hydrogens (tertiary/aromatic N) is 4. The summed E-state index contributed by atoms with van der Waals surface area (Å²) in [6, 6.07) is 0. The van der Waals surface area contributed by atoms with E-state index in [-0.39, 0.29) is 5.56 Å². The molecule has 0 atom stereocenters. The zero-order chi connectivity index (χ0) is 15.4. The van der Waals surface area contributed by atoms with Crippen LogP contribution in [0, 0.1) is 5.92 Å². The first-order valence-corrected chi connectivity index (χ1v) is 7.73. The van der Waals surface area contributed by atoms with Crippen molar-refractivity contribution in [2.75, 3.05) is 11.9 Å². The van der Waals surface area contributed by atoms with E-state index in [1.165, 1.54) is 4.68 Å². The Morgan fingerprint density at radius 2 is 2.10 bits per heavy atom. The Morgan fingerprint density at radius 3 is 2.71 bits per heavy atom. The lowest BCUT2D eigenvalue weighted by atomic mass is 10.2. The lowest BCUT2D eigenvalue weighted by molar-refractivity contribution is 0.462. The van der Waals surface area contributed by atoms with Gasteiger partial charge in [0.15, 0.2) is 0 Å². The van der Waals surface area contributed by atoms with Crippen LogP contribution in [0.25, 0.3) is 0 Å². The van der Waals surface area contributed by atoms with Crippen molar-refractivity contribution in [1.29, 1.82) is 0 Å². The minimum Gasteiger partial charge on any atom is -0.382 e. The maximum absolute atomic E-state index is 12.2. The first-order valence-electron chi connectivity index (χ1n) is 6.94. The molecule has 6 nitrogen and oxygen atoms in total. The highest BCUT2D eigenvalue weighted by Crippen LogP contribution is 2.16. The van der Waals surface area contributed by atoms with E-state index in [9.17, 15) is 4.79 Å². The highest BCUT2D eigenvalue weighted by Gasteiger charge is 2.09. The van der Waals surface area contributed by atoms with Gasteiger partial charge < -0.3 is 5.32 Å². The third-order valence-corrected chi connectivity index (χ3v) is 3.78.